The van der Waals surface area contributed by atoms with Gasteiger partial charge in [-0.15, -0.1) is 0 Å². The van der Waals surface area contributed by atoms with Crippen molar-refractivity contribution in [3.8, 4) is 5.75 Å². The summed E-state index contributed by atoms with van der Waals surface area (Å²) in [5.41, 5.74) is 4.76. The predicted molar refractivity (Wildman–Crippen MR) is 121 cm³/mol. The van der Waals surface area contributed by atoms with Crippen LogP contribution in [0.25, 0.3) is 11.1 Å². The normalized spacial score (nSPS) is 10.9. The molecule has 0 fully saturated rings. The molecule has 0 spiro atoms. The number of nitrogens with zero attached hydrogens (tertiary/aromatic N) is 2. The number of aryl methyl sites for hydroxylation is 1. The van der Waals surface area contributed by atoms with Gasteiger partial charge in [0.15, 0.2) is 5.58 Å². The van der Waals surface area contributed by atoms with Crippen molar-refractivity contribution < 1.29 is 9.15 Å². The average molecular weight is 420 g/mol. The molecule has 0 amide bonds. The van der Waals surface area contributed by atoms with Crippen LogP contribution in [-0.2, 0) is 6.42 Å². The monoisotopic (exact) mass is 420 g/mol. The number of benzene rings is 2. The predicted octanol–water partition coefficient (Wildman–Crippen LogP) is 3.48. The van der Waals surface area contributed by atoms with Crippen LogP contribution in [0, 0.1) is 6.92 Å². The summed E-state index contributed by atoms with van der Waals surface area (Å²) in [6.45, 7) is 2.79. The van der Waals surface area contributed by atoms with Gasteiger partial charge in [-0.2, -0.15) is 4.98 Å². The summed E-state index contributed by atoms with van der Waals surface area (Å²) < 4.78 is 10.5. The van der Waals surface area contributed by atoms with Crippen LogP contribution in [-0.4, -0.2) is 35.7 Å². The maximum Gasteiger partial charge on any atom is 0.417 e. The average Bonchev–Trinajstić information content (AvgIpc) is 3.13. The Balaban J connectivity index is 1.58. The Morgan fingerprint density at radius 1 is 1.13 bits per heavy atom. The fourth-order valence-corrected chi connectivity index (χ4v) is 3.19. The molecule has 4 N–H and O–H groups in total. The summed E-state index contributed by atoms with van der Waals surface area (Å²) >= 11 is 0. The number of nitrogens with one attached hydrogen (secondary N) is 4. The maximum absolute atomic E-state index is 11.4. The number of hydrogen-bond acceptors (Lipinski definition) is 8. The van der Waals surface area contributed by atoms with Crippen LogP contribution in [0.5, 0.6) is 5.75 Å². The lowest BCUT2D eigenvalue weighted by molar-refractivity contribution is 0.414. The molecule has 0 aliphatic heterocycles. The topological polar surface area (TPSA) is 117 Å². The molecule has 160 valence electrons. The fraction of sp³-hybridized carbons (Fsp3) is 0.227. The standard InChI is InChI=1S/C22H24N6O3/c1-13-12-24-21(26-16-8-14(6-7-23-2)9-17(10-16)30-3)28-20(13)25-15-4-5-19-18(11-15)27-22(29)31-19/h4-5,8-12,23H,6-7H2,1-3H3,(H,27,29)(H2,24,25,26,28). The van der Waals surface area contributed by atoms with Crippen molar-refractivity contribution >= 4 is 34.2 Å². The molecule has 2 heterocycles. The zero-order valence-electron chi connectivity index (χ0n) is 17.6. The number of hydrogen-bond donors (Lipinski definition) is 4. The summed E-state index contributed by atoms with van der Waals surface area (Å²) in [4.78, 5) is 23.0. The van der Waals surface area contributed by atoms with Crippen LogP contribution in [0.4, 0.5) is 23.1 Å². The maximum atomic E-state index is 11.4. The molecule has 0 aliphatic carbocycles. The first-order valence-corrected chi connectivity index (χ1v) is 9.87. The fourth-order valence-electron chi connectivity index (χ4n) is 3.19. The smallest absolute Gasteiger partial charge is 0.417 e. The molecule has 0 bridgehead atoms. The van der Waals surface area contributed by atoms with Crippen molar-refractivity contribution in [3.05, 3.63) is 64.3 Å². The molecule has 4 aromatic rings. The SMILES string of the molecule is CNCCc1cc(Nc2ncc(C)c(Nc3ccc4oc(=O)[nH]c4c3)n2)cc(OC)c1. The van der Waals surface area contributed by atoms with E-state index in [9.17, 15) is 4.79 Å². The van der Waals surface area contributed by atoms with E-state index in [1.165, 1.54) is 0 Å². The third-order valence-corrected chi connectivity index (χ3v) is 4.78. The molecule has 0 unspecified atom stereocenters. The van der Waals surface area contributed by atoms with E-state index in [1.807, 2.05) is 32.2 Å². The van der Waals surface area contributed by atoms with Crippen LogP contribution in [0.1, 0.15) is 11.1 Å². The van der Waals surface area contributed by atoms with Crippen LogP contribution < -0.4 is 26.4 Å². The van der Waals surface area contributed by atoms with E-state index in [0.717, 1.165) is 41.2 Å². The molecule has 0 atom stereocenters. The first-order chi connectivity index (χ1) is 15.0. The molecule has 2 aromatic heterocycles. The summed E-state index contributed by atoms with van der Waals surface area (Å²) in [5.74, 6) is 1.40. The van der Waals surface area contributed by atoms with E-state index in [0.29, 0.717) is 22.9 Å². The molecule has 31 heavy (non-hydrogen) atoms. The Morgan fingerprint density at radius 3 is 2.81 bits per heavy atom. The number of aromatic nitrogens is 3. The Hall–Kier alpha value is -3.85. The van der Waals surface area contributed by atoms with Gasteiger partial charge in [-0.1, -0.05) is 0 Å². The van der Waals surface area contributed by atoms with Crippen LogP contribution >= 0.6 is 0 Å². The summed E-state index contributed by atoms with van der Waals surface area (Å²) in [5, 5.41) is 9.68. The number of ether oxygens (including phenoxy) is 1. The molecule has 0 saturated heterocycles. The van der Waals surface area contributed by atoms with Crippen molar-refractivity contribution in [2.45, 2.75) is 13.3 Å². The highest BCUT2D eigenvalue weighted by atomic mass is 16.5. The van der Waals surface area contributed by atoms with Gasteiger partial charge in [0.25, 0.3) is 0 Å². The van der Waals surface area contributed by atoms with Gasteiger partial charge in [0, 0.05) is 29.2 Å². The second kappa shape index (κ2) is 8.88. The quantitative estimate of drug-likeness (QED) is 0.342. The summed E-state index contributed by atoms with van der Waals surface area (Å²) in [7, 11) is 3.57. The first kappa shape index (κ1) is 20.4. The van der Waals surface area contributed by atoms with Gasteiger partial charge < -0.3 is 25.1 Å². The van der Waals surface area contributed by atoms with E-state index in [4.69, 9.17) is 9.15 Å². The second-order valence-corrected chi connectivity index (χ2v) is 7.12. The van der Waals surface area contributed by atoms with E-state index in [-0.39, 0.29) is 0 Å². The lowest BCUT2D eigenvalue weighted by atomic mass is 10.1. The van der Waals surface area contributed by atoms with Crippen LogP contribution in [0.15, 0.2) is 51.8 Å². The lowest BCUT2D eigenvalue weighted by Crippen LogP contribution is -2.10. The Bertz CT molecular complexity index is 1260. The van der Waals surface area contributed by atoms with Crippen molar-refractivity contribution in [1.29, 1.82) is 0 Å². The molecular weight excluding hydrogens is 396 g/mol. The Labute approximate surface area is 178 Å². The van der Waals surface area contributed by atoms with Gasteiger partial charge in [0.2, 0.25) is 5.95 Å². The largest absolute Gasteiger partial charge is 0.497 e. The minimum atomic E-state index is -0.482. The number of oxazole rings is 1. The first-order valence-electron chi connectivity index (χ1n) is 9.87. The van der Waals surface area contributed by atoms with Gasteiger partial charge in [0.1, 0.15) is 11.6 Å². The molecular formula is C22H24N6O3. The number of aromatic amines is 1. The van der Waals surface area contributed by atoms with E-state index < -0.39 is 5.76 Å². The number of fused-ring (bicyclic) bond motifs is 1. The van der Waals surface area contributed by atoms with Crippen LogP contribution in [0.2, 0.25) is 0 Å². The Kier molecular flexibility index (Phi) is 5.85. The zero-order valence-corrected chi connectivity index (χ0v) is 17.6. The molecule has 0 saturated carbocycles. The molecule has 0 radical (unpaired) electrons. The van der Waals surface area contributed by atoms with Crippen molar-refractivity contribution in [2.75, 3.05) is 31.3 Å². The van der Waals surface area contributed by atoms with Gasteiger partial charge in [-0.05, 0) is 62.8 Å². The molecule has 9 nitrogen and oxygen atoms in total. The van der Waals surface area contributed by atoms with E-state index >= 15 is 0 Å². The van der Waals surface area contributed by atoms with Crippen molar-refractivity contribution in [3.63, 3.8) is 0 Å². The number of likely N-dealkylation sites (N-methyl/N-ethyl adjacent to an activating group) is 1. The Morgan fingerprint density at radius 2 is 2.00 bits per heavy atom. The molecule has 2 aromatic carbocycles. The highest BCUT2D eigenvalue weighted by molar-refractivity contribution is 5.78. The highest BCUT2D eigenvalue weighted by Gasteiger charge is 2.09. The van der Waals surface area contributed by atoms with Gasteiger partial charge in [-0.3, -0.25) is 4.98 Å². The van der Waals surface area contributed by atoms with Gasteiger partial charge in [-0.25, -0.2) is 9.78 Å². The number of methoxy groups -OCH3 is 1. The van der Waals surface area contributed by atoms with Gasteiger partial charge in [0.05, 0.1) is 12.6 Å². The number of H-pyrrole nitrogens is 1. The van der Waals surface area contributed by atoms with Crippen molar-refractivity contribution in [1.82, 2.24) is 20.3 Å². The molecule has 9 heteroatoms. The van der Waals surface area contributed by atoms with Crippen molar-refractivity contribution in [2.24, 2.45) is 0 Å². The minimum absolute atomic E-state index is 0.457. The zero-order chi connectivity index (χ0) is 21.8. The number of rotatable bonds is 8. The highest BCUT2D eigenvalue weighted by Crippen LogP contribution is 2.26. The third-order valence-electron chi connectivity index (χ3n) is 4.78. The lowest BCUT2D eigenvalue weighted by Gasteiger charge is -2.13. The molecule has 0 aliphatic rings. The molecule has 4 rings (SSSR count). The third kappa shape index (κ3) is 4.84. The second-order valence-electron chi connectivity index (χ2n) is 7.12. The summed E-state index contributed by atoms with van der Waals surface area (Å²) in [6.07, 6.45) is 2.63. The van der Waals surface area contributed by atoms with Crippen LogP contribution in [0.3, 0.4) is 0 Å². The van der Waals surface area contributed by atoms with E-state index in [2.05, 4.69) is 37.0 Å². The number of anilines is 4. The van der Waals surface area contributed by atoms with Gasteiger partial charge >= 0.3 is 5.76 Å². The summed E-state index contributed by atoms with van der Waals surface area (Å²) in [6, 6.07) is 11.3. The minimum Gasteiger partial charge on any atom is -0.497 e. The van der Waals surface area contributed by atoms with E-state index in [1.54, 1.807) is 25.4 Å².